The van der Waals surface area contributed by atoms with E-state index in [4.69, 9.17) is 11.6 Å². The summed E-state index contributed by atoms with van der Waals surface area (Å²) in [7, 11) is 0. The number of carbonyl (C=O) groups is 1. The van der Waals surface area contributed by atoms with Gasteiger partial charge in [0.15, 0.2) is 0 Å². The van der Waals surface area contributed by atoms with E-state index in [9.17, 15) is 9.18 Å². The molecule has 1 aromatic carbocycles. The molecule has 0 aliphatic carbocycles. The van der Waals surface area contributed by atoms with Crippen LogP contribution in [0, 0.1) is 12.7 Å². The fraction of sp³-hybridized carbons (Fsp3) is 0.333. The highest BCUT2D eigenvalue weighted by Gasteiger charge is 2.23. The Labute approximate surface area is 126 Å². The second kappa shape index (κ2) is 5.48. The molecule has 3 rings (SSSR count). The predicted octanol–water partition coefficient (Wildman–Crippen LogP) is 2.93. The molecule has 1 aliphatic rings. The number of rotatable bonds is 3. The number of aryl methyl sites for hydroxylation is 1. The van der Waals surface area contributed by atoms with Crippen molar-refractivity contribution in [3.63, 3.8) is 0 Å². The molecule has 0 saturated carbocycles. The molecule has 0 bridgehead atoms. The van der Waals surface area contributed by atoms with E-state index < -0.39 is 0 Å². The summed E-state index contributed by atoms with van der Waals surface area (Å²) in [6.45, 7) is 2.25. The lowest BCUT2D eigenvalue weighted by Crippen LogP contribution is -2.29. The van der Waals surface area contributed by atoms with Crippen LogP contribution in [-0.2, 0) is 11.3 Å². The van der Waals surface area contributed by atoms with E-state index in [1.807, 2.05) is 4.57 Å². The third-order valence-corrected chi connectivity index (χ3v) is 4.04. The average molecular weight is 308 g/mol. The second-order valence-corrected chi connectivity index (χ2v) is 5.67. The Morgan fingerprint density at radius 1 is 1.52 bits per heavy atom. The monoisotopic (exact) mass is 307 g/mol. The lowest BCUT2D eigenvalue weighted by molar-refractivity contribution is -0.119. The molecule has 1 aliphatic heterocycles. The van der Waals surface area contributed by atoms with Crippen LogP contribution in [0.15, 0.2) is 24.5 Å². The van der Waals surface area contributed by atoms with Gasteiger partial charge in [0, 0.05) is 31.4 Å². The third-order valence-electron chi connectivity index (χ3n) is 3.73. The molecular formula is C15H15ClFN3O. The van der Waals surface area contributed by atoms with Crippen molar-refractivity contribution in [2.24, 2.45) is 0 Å². The van der Waals surface area contributed by atoms with Crippen LogP contribution in [0.5, 0.6) is 0 Å². The maximum atomic E-state index is 14.4. The molecule has 1 unspecified atom stereocenters. The van der Waals surface area contributed by atoms with E-state index in [0.717, 1.165) is 6.42 Å². The Morgan fingerprint density at radius 2 is 2.33 bits per heavy atom. The first-order chi connectivity index (χ1) is 10.1. The smallest absolute Gasteiger partial charge is 0.220 e. The van der Waals surface area contributed by atoms with Crippen LogP contribution in [0.4, 0.5) is 4.39 Å². The van der Waals surface area contributed by atoms with Gasteiger partial charge in [0.05, 0.1) is 10.6 Å². The van der Waals surface area contributed by atoms with Gasteiger partial charge in [-0.05, 0) is 25.0 Å². The molecule has 1 saturated heterocycles. The maximum absolute atomic E-state index is 14.4. The second-order valence-electron chi connectivity index (χ2n) is 5.26. The highest BCUT2D eigenvalue weighted by Crippen LogP contribution is 2.31. The number of hydrogen-bond donors (Lipinski definition) is 1. The van der Waals surface area contributed by atoms with Crippen molar-refractivity contribution < 1.29 is 9.18 Å². The highest BCUT2D eigenvalue weighted by molar-refractivity contribution is 6.33. The van der Waals surface area contributed by atoms with Crippen LogP contribution in [0.2, 0.25) is 5.02 Å². The van der Waals surface area contributed by atoms with Gasteiger partial charge in [0.25, 0.3) is 0 Å². The topological polar surface area (TPSA) is 46.9 Å². The average Bonchev–Trinajstić information content (AvgIpc) is 3.05. The van der Waals surface area contributed by atoms with Crippen LogP contribution in [0.3, 0.4) is 0 Å². The van der Waals surface area contributed by atoms with E-state index in [2.05, 4.69) is 10.3 Å². The zero-order chi connectivity index (χ0) is 15.0. The molecule has 1 atom stereocenters. The van der Waals surface area contributed by atoms with Gasteiger partial charge in [-0.1, -0.05) is 17.7 Å². The zero-order valence-electron chi connectivity index (χ0n) is 11.6. The van der Waals surface area contributed by atoms with Crippen LogP contribution >= 0.6 is 11.6 Å². The molecule has 6 heteroatoms. The first kappa shape index (κ1) is 14.1. The van der Waals surface area contributed by atoms with Crippen LogP contribution in [0.25, 0.3) is 11.4 Å². The number of aromatic nitrogens is 2. The van der Waals surface area contributed by atoms with Gasteiger partial charge >= 0.3 is 0 Å². The molecule has 2 heterocycles. The summed E-state index contributed by atoms with van der Waals surface area (Å²) in [6.07, 6.45) is 4.71. The number of imidazole rings is 1. The summed E-state index contributed by atoms with van der Waals surface area (Å²) in [5.74, 6) is 0.189. The number of halogens is 2. The minimum atomic E-state index is -0.356. The van der Waals surface area contributed by atoms with E-state index in [0.29, 0.717) is 34.9 Å². The number of nitrogens with zero attached hydrogens (tertiary/aromatic N) is 2. The summed E-state index contributed by atoms with van der Waals surface area (Å²) in [5.41, 5.74) is 0.837. The van der Waals surface area contributed by atoms with Gasteiger partial charge in [-0.3, -0.25) is 4.79 Å². The fourth-order valence-electron chi connectivity index (χ4n) is 2.60. The Bertz CT molecular complexity index is 698. The molecule has 110 valence electrons. The van der Waals surface area contributed by atoms with Gasteiger partial charge in [0.2, 0.25) is 5.91 Å². The molecular weight excluding hydrogens is 293 g/mol. The van der Waals surface area contributed by atoms with Crippen molar-refractivity contribution in [1.29, 1.82) is 0 Å². The van der Waals surface area contributed by atoms with Crippen molar-refractivity contribution >= 4 is 17.5 Å². The number of nitrogens with one attached hydrogen (secondary N) is 1. The third kappa shape index (κ3) is 2.65. The van der Waals surface area contributed by atoms with Crippen molar-refractivity contribution in [3.05, 3.63) is 40.9 Å². The largest absolute Gasteiger partial charge is 0.352 e. The molecule has 4 nitrogen and oxygen atoms in total. The molecule has 1 amide bonds. The Kier molecular flexibility index (Phi) is 3.68. The number of amides is 1. The Morgan fingerprint density at radius 3 is 3.05 bits per heavy atom. The lowest BCUT2D eigenvalue weighted by atomic mass is 10.1. The van der Waals surface area contributed by atoms with Crippen molar-refractivity contribution in [1.82, 2.24) is 14.9 Å². The first-order valence-electron chi connectivity index (χ1n) is 6.81. The van der Waals surface area contributed by atoms with Gasteiger partial charge in [-0.15, -0.1) is 0 Å². The first-order valence-corrected chi connectivity index (χ1v) is 7.19. The molecule has 21 heavy (non-hydrogen) atoms. The fourth-order valence-corrected chi connectivity index (χ4v) is 2.83. The minimum absolute atomic E-state index is 0.0529. The minimum Gasteiger partial charge on any atom is -0.352 e. The van der Waals surface area contributed by atoms with E-state index in [1.54, 1.807) is 31.5 Å². The molecule has 1 N–H and O–H groups in total. The zero-order valence-corrected chi connectivity index (χ0v) is 12.3. The molecule has 0 radical (unpaired) electrons. The van der Waals surface area contributed by atoms with Gasteiger partial charge < -0.3 is 9.88 Å². The van der Waals surface area contributed by atoms with Crippen molar-refractivity contribution in [3.8, 4) is 11.4 Å². The van der Waals surface area contributed by atoms with E-state index >= 15 is 0 Å². The normalized spacial score (nSPS) is 18.0. The number of benzene rings is 1. The van der Waals surface area contributed by atoms with Gasteiger partial charge in [0.1, 0.15) is 11.6 Å². The summed E-state index contributed by atoms with van der Waals surface area (Å²) < 4.78 is 16.2. The predicted molar refractivity (Wildman–Crippen MR) is 78.5 cm³/mol. The lowest BCUT2D eigenvalue weighted by Gasteiger charge is -2.15. The van der Waals surface area contributed by atoms with Crippen molar-refractivity contribution in [2.75, 3.05) is 0 Å². The molecule has 1 fully saturated rings. The van der Waals surface area contributed by atoms with Crippen LogP contribution in [-0.4, -0.2) is 21.5 Å². The summed E-state index contributed by atoms with van der Waals surface area (Å²) >= 11 is 6.14. The molecule has 2 aromatic rings. The Hall–Kier alpha value is -1.88. The summed E-state index contributed by atoms with van der Waals surface area (Å²) in [6, 6.07) is 3.37. The molecule has 1 aromatic heterocycles. The SMILES string of the molecule is Cc1ccc(Cl)c(-c2nccn2CC2CCC(=O)N2)c1F. The van der Waals surface area contributed by atoms with Crippen LogP contribution in [0.1, 0.15) is 18.4 Å². The standard InChI is InChI=1S/C15H15ClFN3O/c1-9-2-4-11(16)13(14(9)17)15-18-6-7-20(15)8-10-3-5-12(21)19-10/h2,4,6-7,10H,3,5,8H2,1H3,(H,19,21). The summed E-state index contributed by atoms with van der Waals surface area (Å²) in [5, 5.41) is 3.23. The van der Waals surface area contributed by atoms with Crippen molar-refractivity contribution in [2.45, 2.75) is 32.4 Å². The van der Waals surface area contributed by atoms with Crippen LogP contribution < -0.4 is 5.32 Å². The number of carbonyl (C=O) groups excluding carboxylic acids is 1. The van der Waals surface area contributed by atoms with E-state index in [1.165, 1.54) is 0 Å². The molecule has 0 spiro atoms. The number of hydrogen-bond acceptors (Lipinski definition) is 2. The summed E-state index contributed by atoms with van der Waals surface area (Å²) in [4.78, 5) is 15.5. The van der Waals surface area contributed by atoms with Gasteiger partial charge in [-0.25, -0.2) is 9.37 Å². The van der Waals surface area contributed by atoms with E-state index in [-0.39, 0.29) is 17.8 Å². The van der Waals surface area contributed by atoms with Gasteiger partial charge in [-0.2, -0.15) is 0 Å². The Balaban J connectivity index is 1.96. The highest BCUT2D eigenvalue weighted by atomic mass is 35.5. The maximum Gasteiger partial charge on any atom is 0.220 e. The quantitative estimate of drug-likeness (QED) is 0.947.